The number of thioether (sulfide) groups is 1. The van der Waals surface area contributed by atoms with Gasteiger partial charge in [-0.3, -0.25) is 24.6 Å². The van der Waals surface area contributed by atoms with Crippen LogP contribution in [0.3, 0.4) is 0 Å². The first-order chi connectivity index (χ1) is 11.9. The molecular formula is C16H19N3O4S2. The van der Waals surface area contributed by atoms with Crippen LogP contribution in [-0.4, -0.2) is 38.3 Å². The summed E-state index contributed by atoms with van der Waals surface area (Å²) >= 11 is 6.49. The van der Waals surface area contributed by atoms with E-state index in [0.717, 1.165) is 12.8 Å². The van der Waals surface area contributed by atoms with Gasteiger partial charge in [0.2, 0.25) is 11.8 Å². The summed E-state index contributed by atoms with van der Waals surface area (Å²) in [6.45, 7) is 2.21. The minimum atomic E-state index is -0.465. The minimum Gasteiger partial charge on any atom is -0.326 e. The average Bonchev–Trinajstić information content (AvgIpc) is 2.88. The third-order valence-electron chi connectivity index (χ3n) is 3.90. The zero-order valence-corrected chi connectivity index (χ0v) is 15.5. The van der Waals surface area contributed by atoms with Gasteiger partial charge in [0.15, 0.2) is 0 Å². The second-order valence-corrected chi connectivity index (χ2v) is 7.27. The third kappa shape index (κ3) is 5.23. The number of hydrogen-bond acceptors (Lipinski definition) is 6. The number of rotatable bonds is 8. The van der Waals surface area contributed by atoms with Crippen molar-refractivity contribution in [3.8, 4) is 0 Å². The van der Waals surface area contributed by atoms with E-state index >= 15 is 0 Å². The molecule has 9 heteroatoms. The van der Waals surface area contributed by atoms with Crippen LogP contribution in [0, 0.1) is 17.0 Å². The fourth-order valence-corrected chi connectivity index (χ4v) is 3.62. The summed E-state index contributed by atoms with van der Waals surface area (Å²) in [6.07, 6.45) is 2.60. The topological polar surface area (TPSA) is 92.6 Å². The minimum absolute atomic E-state index is 0.0121. The highest BCUT2D eigenvalue weighted by atomic mass is 32.2. The van der Waals surface area contributed by atoms with E-state index in [2.05, 4.69) is 5.32 Å². The Balaban J connectivity index is 1.73. The largest absolute Gasteiger partial charge is 0.326 e. The number of anilines is 1. The van der Waals surface area contributed by atoms with Crippen LogP contribution in [0.5, 0.6) is 0 Å². The van der Waals surface area contributed by atoms with Crippen LogP contribution < -0.4 is 5.32 Å². The van der Waals surface area contributed by atoms with Crippen molar-refractivity contribution in [2.45, 2.75) is 32.6 Å². The van der Waals surface area contributed by atoms with Crippen LogP contribution in [0.4, 0.5) is 11.4 Å². The number of carbonyl (C=O) groups is 2. The third-order valence-corrected chi connectivity index (χ3v) is 5.33. The zero-order valence-electron chi connectivity index (χ0n) is 13.8. The molecular weight excluding hydrogens is 362 g/mol. The molecule has 1 saturated heterocycles. The standard InChI is InChI=1S/C16H19N3O4S2/c1-11-12(6-5-7-13(11)19(22)23)17-14(20)8-3-2-4-9-18-15(21)10-25-16(18)24/h5-7H,2-4,8-10H2,1H3,(H,17,20). The van der Waals surface area contributed by atoms with Crippen LogP contribution in [0.2, 0.25) is 0 Å². The van der Waals surface area contributed by atoms with Crippen LogP contribution >= 0.6 is 24.0 Å². The van der Waals surface area contributed by atoms with Crippen molar-refractivity contribution in [2.24, 2.45) is 0 Å². The summed E-state index contributed by atoms with van der Waals surface area (Å²) in [4.78, 5) is 35.6. The number of thiocarbonyl (C=S) groups is 1. The second kappa shape index (κ2) is 8.91. The summed E-state index contributed by atoms with van der Waals surface area (Å²) in [5.74, 6) is 0.296. The first-order valence-electron chi connectivity index (χ1n) is 7.91. The van der Waals surface area contributed by atoms with Gasteiger partial charge in [-0.15, -0.1) is 0 Å². The lowest BCUT2D eigenvalue weighted by molar-refractivity contribution is -0.385. The maximum atomic E-state index is 12.0. The van der Waals surface area contributed by atoms with Crippen molar-refractivity contribution < 1.29 is 14.5 Å². The maximum Gasteiger partial charge on any atom is 0.274 e. The lowest BCUT2D eigenvalue weighted by atomic mass is 10.1. The van der Waals surface area contributed by atoms with Gasteiger partial charge in [0.05, 0.1) is 21.9 Å². The average molecular weight is 381 g/mol. The summed E-state index contributed by atoms with van der Waals surface area (Å²) < 4.78 is 0.629. The molecule has 2 amide bonds. The van der Waals surface area contributed by atoms with Crippen LogP contribution in [0.15, 0.2) is 18.2 Å². The number of benzene rings is 1. The van der Waals surface area contributed by atoms with Gasteiger partial charge in [0.25, 0.3) is 5.69 Å². The van der Waals surface area contributed by atoms with Crippen molar-refractivity contribution in [3.63, 3.8) is 0 Å². The predicted molar refractivity (Wildman–Crippen MR) is 102 cm³/mol. The van der Waals surface area contributed by atoms with Gasteiger partial charge in [-0.2, -0.15) is 0 Å². The summed E-state index contributed by atoms with van der Waals surface area (Å²) in [7, 11) is 0. The highest BCUT2D eigenvalue weighted by molar-refractivity contribution is 8.23. The highest BCUT2D eigenvalue weighted by Crippen LogP contribution is 2.25. The number of hydrogen-bond donors (Lipinski definition) is 1. The normalized spacial score (nSPS) is 14.0. The molecule has 1 fully saturated rings. The van der Waals surface area contributed by atoms with Crippen LogP contribution in [0.25, 0.3) is 0 Å². The lowest BCUT2D eigenvalue weighted by Crippen LogP contribution is -2.29. The molecule has 1 aromatic carbocycles. The number of unbranched alkanes of at least 4 members (excludes halogenated alkanes) is 2. The maximum absolute atomic E-state index is 12.0. The molecule has 0 atom stereocenters. The van der Waals surface area contributed by atoms with E-state index in [4.69, 9.17) is 12.2 Å². The zero-order chi connectivity index (χ0) is 18.4. The first kappa shape index (κ1) is 19.3. The van der Waals surface area contributed by atoms with E-state index in [0.29, 0.717) is 40.7 Å². The smallest absolute Gasteiger partial charge is 0.274 e. The Morgan fingerprint density at radius 3 is 2.80 bits per heavy atom. The van der Waals surface area contributed by atoms with Crippen LogP contribution in [0.1, 0.15) is 31.2 Å². The summed E-state index contributed by atoms with van der Waals surface area (Å²) in [5.41, 5.74) is 0.894. The Bertz CT molecular complexity index is 693. The van der Waals surface area contributed by atoms with Crippen molar-refractivity contribution in [2.75, 3.05) is 17.6 Å². The molecule has 1 aromatic rings. The highest BCUT2D eigenvalue weighted by Gasteiger charge is 2.25. The van der Waals surface area contributed by atoms with E-state index in [1.54, 1.807) is 24.0 Å². The van der Waals surface area contributed by atoms with Gasteiger partial charge in [0.1, 0.15) is 4.32 Å². The van der Waals surface area contributed by atoms with E-state index in [-0.39, 0.29) is 17.5 Å². The molecule has 0 radical (unpaired) electrons. The Kier molecular flexibility index (Phi) is 6.89. The van der Waals surface area contributed by atoms with Crippen molar-refractivity contribution in [1.82, 2.24) is 4.90 Å². The first-order valence-corrected chi connectivity index (χ1v) is 9.30. The molecule has 7 nitrogen and oxygen atoms in total. The molecule has 1 N–H and O–H groups in total. The van der Waals surface area contributed by atoms with Gasteiger partial charge < -0.3 is 5.32 Å². The summed E-state index contributed by atoms with van der Waals surface area (Å²) in [5, 5.41) is 13.6. The van der Waals surface area contributed by atoms with Gasteiger partial charge in [0, 0.05) is 19.0 Å². The Morgan fingerprint density at radius 2 is 2.16 bits per heavy atom. The number of carbonyl (C=O) groups excluding carboxylic acids is 2. The molecule has 1 heterocycles. The number of amides is 2. The molecule has 0 aliphatic carbocycles. The Hall–Kier alpha value is -2.00. The quantitative estimate of drug-likeness (QED) is 0.322. The fraction of sp³-hybridized carbons (Fsp3) is 0.438. The molecule has 0 unspecified atom stereocenters. The number of nitro benzene ring substituents is 1. The Morgan fingerprint density at radius 1 is 1.40 bits per heavy atom. The molecule has 0 saturated carbocycles. The Labute approximate surface area is 155 Å². The molecule has 134 valence electrons. The van der Waals surface area contributed by atoms with Gasteiger partial charge >= 0.3 is 0 Å². The van der Waals surface area contributed by atoms with E-state index in [9.17, 15) is 19.7 Å². The number of nitrogens with zero attached hydrogens (tertiary/aromatic N) is 2. The molecule has 2 rings (SSSR count). The van der Waals surface area contributed by atoms with E-state index < -0.39 is 4.92 Å². The van der Waals surface area contributed by atoms with Crippen molar-refractivity contribution in [3.05, 3.63) is 33.9 Å². The van der Waals surface area contributed by atoms with Gasteiger partial charge in [-0.1, -0.05) is 36.5 Å². The molecule has 0 aromatic heterocycles. The van der Waals surface area contributed by atoms with E-state index in [1.165, 1.54) is 17.8 Å². The number of nitro groups is 1. The fourth-order valence-electron chi connectivity index (χ4n) is 2.50. The number of nitrogens with one attached hydrogen (secondary N) is 1. The SMILES string of the molecule is Cc1c(NC(=O)CCCCCN2C(=O)CSC2=S)cccc1[N+](=O)[O-]. The van der Waals surface area contributed by atoms with Gasteiger partial charge in [-0.25, -0.2) is 0 Å². The molecule has 25 heavy (non-hydrogen) atoms. The lowest BCUT2D eigenvalue weighted by Gasteiger charge is -2.14. The monoisotopic (exact) mass is 381 g/mol. The van der Waals surface area contributed by atoms with Crippen molar-refractivity contribution >= 4 is 51.5 Å². The molecule has 0 spiro atoms. The molecule has 1 aliphatic rings. The van der Waals surface area contributed by atoms with Gasteiger partial charge in [-0.05, 0) is 25.8 Å². The predicted octanol–water partition coefficient (Wildman–Crippen LogP) is 3.26. The molecule has 0 bridgehead atoms. The molecule has 1 aliphatic heterocycles. The summed E-state index contributed by atoms with van der Waals surface area (Å²) in [6, 6.07) is 4.61. The van der Waals surface area contributed by atoms with E-state index in [1.807, 2.05) is 0 Å². The van der Waals surface area contributed by atoms with Crippen molar-refractivity contribution in [1.29, 1.82) is 0 Å². The second-order valence-electron chi connectivity index (χ2n) is 5.67. The van der Waals surface area contributed by atoms with Crippen LogP contribution in [-0.2, 0) is 9.59 Å².